The van der Waals surface area contributed by atoms with E-state index in [0.717, 1.165) is 12.3 Å². The van der Waals surface area contributed by atoms with Gasteiger partial charge in [-0.05, 0) is 0 Å². The van der Waals surface area contributed by atoms with Crippen LogP contribution < -0.4 is 0 Å². The van der Waals surface area contributed by atoms with Gasteiger partial charge in [0.25, 0.3) is 0 Å². The Kier molecular flexibility index (Phi) is 3.96. The van der Waals surface area contributed by atoms with Gasteiger partial charge in [-0.3, -0.25) is 4.79 Å². The van der Waals surface area contributed by atoms with Gasteiger partial charge in [0.1, 0.15) is 5.94 Å². The second kappa shape index (κ2) is 4.79. The lowest BCUT2D eigenvalue weighted by atomic mass is 10.7. The molecule has 1 amide bonds. The summed E-state index contributed by atoms with van der Waals surface area (Å²) in [6, 6.07) is 0. The smallest absolute Gasteiger partial charge is 0.232 e. The Hall–Kier alpha value is -1.21. The van der Waals surface area contributed by atoms with Crippen LogP contribution in [0.15, 0.2) is 11.1 Å². The molecular formula is C4H3NO2. The molecule has 0 aliphatic rings. The first-order valence-electron chi connectivity index (χ1n) is 1.58. The third-order valence-electron chi connectivity index (χ3n) is 0.290. The molecule has 0 aliphatic heterocycles. The van der Waals surface area contributed by atoms with Crippen molar-refractivity contribution in [3.63, 3.8) is 0 Å². The highest BCUT2D eigenvalue weighted by Crippen LogP contribution is 1.50. The molecular weight excluding hydrogens is 94.0 g/mol. The highest BCUT2D eigenvalue weighted by atomic mass is 16.1. The van der Waals surface area contributed by atoms with Gasteiger partial charge in [0.05, 0.1) is 0 Å². The van der Waals surface area contributed by atoms with Crippen LogP contribution in [0.5, 0.6) is 0 Å². The van der Waals surface area contributed by atoms with Crippen LogP contribution in [-0.2, 0) is 9.59 Å². The lowest BCUT2D eigenvalue weighted by Gasteiger charge is -1.56. The molecule has 0 aliphatic carbocycles. The van der Waals surface area contributed by atoms with Crippen LogP contribution in [-0.4, -0.2) is 18.6 Å². The zero-order chi connectivity index (χ0) is 5.54. The molecule has 0 rings (SSSR count). The van der Waals surface area contributed by atoms with Crippen molar-refractivity contribution in [2.24, 2.45) is 4.99 Å². The molecule has 0 bridgehead atoms. The fourth-order valence-corrected chi connectivity index (χ4v) is 0.109. The van der Waals surface area contributed by atoms with E-state index in [0.29, 0.717) is 6.41 Å². The van der Waals surface area contributed by atoms with E-state index in [-0.39, 0.29) is 0 Å². The van der Waals surface area contributed by atoms with Crippen LogP contribution in [0, 0.1) is 0 Å². The second-order valence-corrected chi connectivity index (χ2v) is 0.688. The number of rotatable bonds is 2. The van der Waals surface area contributed by atoms with Crippen LogP contribution in [0.4, 0.5) is 0 Å². The molecule has 36 valence electrons. The number of carbonyl (C=O) groups is 1. The first-order chi connectivity index (χ1) is 3.41. The van der Waals surface area contributed by atoms with E-state index in [1.807, 2.05) is 0 Å². The van der Waals surface area contributed by atoms with Gasteiger partial charge in [0.15, 0.2) is 0 Å². The minimum atomic E-state index is 0.341. The van der Waals surface area contributed by atoms with Crippen LogP contribution in [0.3, 0.4) is 0 Å². The van der Waals surface area contributed by atoms with Gasteiger partial charge in [0.2, 0.25) is 6.41 Å². The van der Waals surface area contributed by atoms with Gasteiger partial charge in [-0.2, -0.15) is 0 Å². The number of nitrogens with zero attached hydrogens (tertiary/aromatic N) is 1. The fraction of sp³-hybridized carbons (Fsp3) is 0. The van der Waals surface area contributed by atoms with Crippen molar-refractivity contribution in [1.29, 1.82) is 0 Å². The average Bonchev–Trinajstić information content (AvgIpc) is 1.69. The van der Waals surface area contributed by atoms with E-state index in [1.54, 1.807) is 0 Å². The zero-order valence-electron chi connectivity index (χ0n) is 3.50. The summed E-state index contributed by atoms with van der Waals surface area (Å²) in [5.74, 6) is 1.42. The van der Waals surface area contributed by atoms with E-state index < -0.39 is 0 Å². The van der Waals surface area contributed by atoms with Crippen molar-refractivity contribution in [2.45, 2.75) is 0 Å². The summed E-state index contributed by atoms with van der Waals surface area (Å²) in [4.78, 5) is 21.7. The van der Waals surface area contributed by atoms with Gasteiger partial charge in [-0.15, -0.1) is 0 Å². The topological polar surface area (TPSA) is 46.5 Å². The van der Waals surface area contributed by atoms with Crippen molar-refractivity contribution in [3.05, 3.63) is 6.08 Å². The maximum Gasteiger partial charge on any atom is 0.232 e. The molecule has 0 aromatic rings. The minimum Gasteiger partial charge on any atom is -0.276 e. The SMILES string of the molecule is O=C=CC=NC=O. The van der Waals surface area contributed by atoms with Crippen molar-refractivity contribution in [2.75, 3.05) is 0 Å². The lowest BCUT2D eigenvalue weighted by molar-refractivity contribution is -0.106. The van der Waals surface area contributed by atoms with Crippen LogP contribution >= 0.6 is 0 Å². The molecule has 0 fully saturated rings. The Balaban J connectivity index is 3.47. The van der Waals surface area contributed by atoms with Crippen molar-refractivity contribution in [3.8, 4) is 0 Å². The Labute approximate surface area is 40.4 Å². The van der Waals surface area contributed by atoms with Gasteiger partial charge in [-0.25, -0.2) is 9.79 Å². The maximum absolute atomic E-state index is 9.33. The molecule has 3 nitrogen and oxygen atoms in total. The van der Waals surface area contributed by atoms with E-state index >= 15 is 0 Å². The highest BCUT2D eigenvalue weighted by Gasteiger charge is 1.56. The molecule has 0 spiro atoms. The normalized spacial score (nSPS) is 8.00. The predicted molar refractivity (Wildman–Crippen MR) is 24.8 cm³/mol. The fourth-order valence-electron chi connectivity index (χ4n) is 0.109. The summed E-state index contributed by atoms with van der Waals surface area (Å²) in [5, 5.41) is 0. The molecule has 0 heterocycles. The van der Waals surface area contributed by atoms with Gasteiger partial charge in [-0.1, -0.05) is 0 Å². The quantitative estimate of drug-likeness (QED) is 0.267. The Bertz CT molecular complexity index is 122. The molecule has 0 saturated carbocycles. The summed E-state index contributed by atoms with van der Waals surface area (Å²) in [6.07, 6.45) is 2.42. The summed E-state index contributed by atoms with van der Waals surface area (Å²) in [7, 11) is 0. The van der Waals surface area contributed by atoms with E-state index in [2.05, 4.69) is 4.99 Å². The Morgan fingerprint density at radius 3 is 2.71 bits per heavy atom. The predicted octanol–water partition coefficient (Wildman–Crippen LogP) is -0.399. The van der Waals surface area contributed by atoms with Crippen molar-refractivity contribution >= 4 is 18.6 Å². The standard InChI is InChI=1S/C4H3NO2/c6-3-1-2-5-4-7/h1-2,4H. The maximum atomic E-state index is 9.33. The minimum absolute atomic E-state index is 0.341. The molecule has 0 saturated heterocycles. The molecule has 3 heteroatoms. The number of hydrogen-bond donors (Lipinski definition) is 0. The number of amides is 1. The van der Waals surface area contributed by atoms with Gasteiger partial charge in [0, 0.05) is 12.3 Å². The lowest BCUT2D eigenvalue weighted by Crippen LogP contribution is -1.64. The number of allylic oxidation sites excluding steroid dienone is 1. The molecule has 7 heavy (non-hydrogen) atoms. The molecule has 0 aromatic carbocycles. The second-order valence-electron chi connectivity index (χ2n) is 0.688. The molecule has 0 radical (unpaired) electrons. The van der Waals surface area contributed by atoms with Crippen molar-refractivity contribution < 1.29 is 9.59 Å². The number of carbonyl (C=O) groups excluding carboxylic acids is 2. The van der Waals surface area contributed by atoms with Crippen LogP contribution in [0.2, 0.25) is 0 Å². The average molecular weight is 97.1 g/mol. The molecule has 0 unspecified atom stereocenters. The highest BCUT2D eigenvalue weighted by molar-refractivity contribution is 5.85. The summed E-state index contributed by atoms with van der Waals surface area (Å²) in [6.45, 7) is 0. The summed E-state index contributed by atoms with van der Waals surface area (Å²) < 4.78 is 0. The third kappa shape index (κ3) is 4.79. The third-order valence-corrected chi connectivity index (χ3v) is 0.290. The molecule has 0 N–H and O–H groups in total. The van der Waals surface area contributed by atoms with Crippen LogP contribution in [0.25, 0.3) is 0 Å². The van der Waals surface area contributed by atoms with E-state index in [1.165, 1.54) is 5.94 Å². The first kappa shape index (κ1) is 5.79. The zero-order valence-corrected chi connectivity index (χ0v) is 3.50. The largest absolute Gasteiger partial charge is 0.276 e. The Morgan fingerprint density at radius 1 is 1.57 bits per heavy atom. The molecule has 0 atom stereocenters. The molecule has 0 aromatic heterocycles. The monoisotopic (exact) mass is 97.0 g/mol. The Morgan fingerprint density at radius 2 is 2.29 bits per heavy atom. The van der Waals surface area contributed by atoms with Crippen molar-refractivity contribution in [1.82, 2.24) is 0 Å². The first-order valence-corrected chi connectivity index (χ1v) is 1.58. The number of hydrogen-bond acceptors (Lipinski definition) is 2. The number of aliphatic imine (C=N–C) groups is 1. The van der Waals surface area contributed by atoms with E-state index in [9.17, 15) is 9.59 Å². The van der Waals surface area contributed by atoms with Gasteiger partial charge < -0.3 is 0 Å². The summed E-state index contributed by atoms with van der Waals surface area (Å²) >= 11 is 0. The van der Waals surface area contributed by atoms with Gasteiger partial charge >= 0.3 is 0 Å². The van der Waals surface area contributed by atoms with E-state index in [4.69, 9.17) is 0 Å². The van der Waals surface area contributed by atoms with Crippen LogP contribution in [0.1, 0.15) is 0 Å². The summed E-state index contributed by atoms with van der Waals surface area (Å²) in [5.41, 5.74) is 0.